The number of ketones is 1. The van der Waals surface area contributed by atoms with Crippen molar-refractivity contribution in [2.24, 2.45) is 0 Å². The number of rotatable bonds is 8. The number of thiazole rings is 1. The van der Waals surface area contributed by atoms with Gasteiger partial charge < -0.3 is 5.32 Å². The molecule has 176 valence electrons. The lowest BCUT2D eigenvalue weighted by Gasteiger charge is -2.16. The van der Waals surface area contributed by atoms with Crippen molar-refractivity contribution in [3.8, 4) is 21.8 Å². The highest BCUT2D eigenvalue weighted by Gasteiger charge is 2.14. The molecular weight excluding hydrogens is 452 g/mol. The minimum atomic E-state index is -0.104. The van der Waals surface area contributed by atoms with Gasteiger partial charge in [-0.15, -0.1) is 11.3 Å². The molecule has 1 N–H and O–H groups in total. The molecule has 3 aromatic carbocycles. The number of benzene rings is 3. The molecule has 1 heterocycles. The van der Waals surface area contributed by atoms with E-state index in [9.17, 15) is 9.59 Å². The van der Waals surface area contributed by atoms with Gasteiger partial charge in [0.2, 0.25) is 5.91 Å². The van der Waals surface area contributed by atoms with Crippen molar-refractivity contribution in [2.45, 2.75) is 45.1 Å². The average molecular weight is 481 g/mol. The Bertz CT molecular complexity index is 1330. The number of aryl methyl sites for hydroxylation is 2. The zero-order chi connectivity index (χ0) is 24.0. The van der Waals surface area contributed by atoms with E-state index >= 15 is 0 Å². The molecule has 0 unspecified atom stereocenters. The van der Waals surface area contributed by atoms with E-state index in [1.807, 2.05) is 54.6 Å². The van der Waals surface area contributed by atoms with Gasteiger partial charge >= 0.3 is 0 Å². The van der Waals surface area contributed by atoms with Gasteiger partial charge in [-0.05, 0) is 48.4 Å². The third-order valence-corrected chi connectivity index (χ3v) is 7.41. The van der Waals surface area contributed by atoms with E-state index in [0.29, 0.717) is 6.54 Å². The standard InChI is InChI=1S/C30H28N2O2S/c33-28(26-15-14-22-6-4-5-9-25(22)18-26)16-17-29(34)31-19-21-10-12-24(13-11-21)30-32-27(20-35-30)23-7-2-1-3-8-23/h1-3,7-8,10-15,18,20H,4-6,9,16-17,19H2,(H,31,34). The van der Waals surface area contributed by atoms with Gasteiger partial charge in [-0.1, -0.05) is 66.7 Å². The molecule has 1 aromatic heterocycles. The lowest BCUT2D eigenvalue weighted by Crippen LogP contribution is -2.23. The Hall–Kier alpha value is -3.57. The van der Waals surface area contributed by atoms with Crippen molar-refractivity contribution in [1.82, 2.24) is 10.3 Å². The first-order chi connectivity index (χ1) is 17.2. The molecule has 4 aromatic rings. The largest absolute Gasteiger partial charge is 0.352 e. The first-order valence-electron chi connectivity index (χ1n) is 12.2. The van der Waals surface area contributed by atoms with Crippen LogP contribution >= 0.6 is 11.3 Å². The van der Waals surface area contributed by atoms with Crippen LogP contribution in [0.1, 0.15) is 52.7 Å². The molecule has 0 bridgehead atoms. The Kier molecular flexibility index (Phi) is 7.15. The second-order valence-electron chi connectivity index (χ2n) is 8.99. The lowest BCUT2D eigenvalue weighted by molar-refractivity contribution is -0.121. The minimum Gasteiger partial charge on any atom is -0.352 e. The van der Waals surface area contributed by atoms with Crippen molar-refractivity contribution >= 4 is 23.0 Å². The number of carbonyl (C=O) groups excluding carboxylic acids is 2. The number of carbonyl (C=O) groups is 2. The quantitative estimate of drug-likeness (QED) is 0.288. The summed E-state index contributed by atoms with van der Waals surface area (Å²) in [5.74, 6) is -0.0657. The van der Waals surface area contributed by atoms with Gasteiger partial charge in [0.15, 0.2) is 5.78 Å². The maximum Gasteiger partial charge on any atom is 0.220 e. The van der Waals surface area contributed by atoms with E-state index in [0.717, 1.165) is 45.8 Å². The summed E-state index contributed by atoms with van der Waals surface area (Å²) in [5.41, 5.74) is 7.55. The highest BCUT2D eigenvalue weighted by molar-refractivity contribution is 7.13. The predicted octanol–water partition coefficient (Wildman–Crippen LogP) is 6.64. The third-order valence-electron chi connectivity index (χ3n) is 6.51. The molecule has 0 spiro atoms. The summed E-state index contributed by atoms with van der Waals surface area (Å²) in [4.78, 5) is 29.7. The Labute approximate surface area is 210 Å². The first-order valence-corrected chi connectivity index (χ1v) is 13.1. The van der Waals surface area contributed by atoms with E-state index in [2.05, 4.69) is 28.9 Å². The molecule has 0 saturated heterocycles. The molecule has 0 radical (unpaired) electrons. The monoisotopic (exact) mass is 480 g/mol. The Morgan fingerprint density at radius 2 is 1.60 bits per heavy atom. The van der Waals surface area contributed by atoms with Crippen LogP contribution in [-0.4, -0.2) is 16.7 Å². The van der Waals surface area contributed by atoms with Crippen LogP contribution in [0.3, 0.4) is 0 Å². The van der Waals surface area contributed by atoms with E-state index in [1.54, 1.807) is 11.3 Å². The summed E-state index contributed by atoms with van der Waals surface area (Å²) < 4.78 is 0. The van der Waals surface area contributed by atoms with Crippen molar-refractivity contribution in [3.05, 3.63) is 100 Å². The summed E-state index contributed by atoms with van der Waals surface area (Å²) >= 11 is 1.62. The van der Waals surface area contributed by atoms with E-state index < -0.39 is 0 Å². The van der Waals surface area contributed by atoms with Gasteiger partial charge in [0.05, 0.1) is 5.69 Å². The van der Waals surface area contributed by atoms with E-state index in [-0.39, 0.29) is 24.5 Å². The van der Waals surface area contributed by atoms with Crippen molar-refractivity contribution in [2.75, 3.05) is 0 Å². The molecule has 0 saturated carbocycles. The molecule has 5 rings (SSSR count). The summed E-state index contributed by atoms with van der Waals surface area (Å²) in [5, 5.41) is 5.98. The SMILES string of the molecule is O=C(CCC(=O)c1ccc2c(c1)CCCC2)NCc1ccc(-c2nc(-c3ccccc3)cs2)cc1. The van der Waals surface area contributed by atoms with Gasteiger partial charge in [-0.25, -0.2) is 4.98 Å². The van der Waals surface area contributed by atoms with Crippen molar-refractivity contribution < 1.29 is 9.59 Å². The number of nitrogens with zero attached hydrogens (tertiary/aromatic N) is 1. The fourth-order valence-electron chi connectivity index (χ4n) is 4.48. The average Bonchev–Trinajstić information content (AvgIpc) is 3.41. The van der Waals surface area contributed by atoms with Gasteiger partial charge in [0.25, 0.3) is 0 Å². The second kappa shape index (κ2) is 10.8. The zero-order valence-corrected chi connectivity index (χ0v) is 20.4. The summed E-state index contributed by atoms with van der Waals surface area (Å²) in [6.45, 7) is 0.444. The predicted molar refractivity (Wildman–Crippen MR) is 141 cm³/mol. The maximum absolute atomic E-state index is 12.6. The lowest BCUT2D eigenvalue weighted by atomic mass is 9.89. The molecule has 35 heavy (non-hydrogen) atoms. The highest BCUT2D eigenvalue weighted by Crippen LogP contribution is 2.29. The fourth-order valence-corrected chi connectivity index (χ4v) is 5.32. The molecule has 0 atom stereocenters. The molecule has 1 amide bonds. The number of Topliss-reactive ketones (excluding diaryl/α,β-unsaturated/α-hetero) is 1. The van der Waals surface area contributed by atoms with Crippen molar-refractivity contribution in [1.29, 1.82) is 0 Å². The van der Waals surface area contributed by atoms with Crippen LogP contribution in [0.5, 0.6) is 0 Å². The molecule has 0 fully saturated rings. The summed E-state index contributed by atoms with van der Waals surface area (Å²) in [6.07, 6.45) is 5.00. The van der Waals surface area contributed by atoms with Crippen molar-refractivity contribution in [3.63, 3.8) is 0 Å². The normalized spacial score (nSPS) is 12.7. The smallest absolute Gasteiger partial charge is 0.220 e. The number of hydrogen-bond donors (Lipinski definition) is 1. The molecule has 1 aliphatic carbocycles. The van der Waals surface area contributed by atoms with Crippen LogP contribution in [0.15, 0.2) is 78.2 Å². The maximum atomic E-state index is 12.6. The molecule has 0 aliphatic heterocycles. The molecular formula is C30H28N2O2S. The summed E-state index contributed by atoms with van der Waals surface area (Å²) in [6, 6.07) is 24.3. The van der Waals surface area contributed by atoms with Gasteiger partial charge in [-0.3, -0.25) is 9.59 Å². The van der Waals surface area contributed by atoms with Crippen LogP contribution in [0.4, 0.5) is 0 Å². The zero-order valence-electron chi connectivity index (χ0n) is 19.6. The van der Waals surface area contributed by atoms with Crippen LogP contribution in [0.25, 0.3) is 21.8 Å². The topological polar surface area (TPSA) is 59.1 Å². The van der Waals surface area contributed by atoms with Crippen LogP contribution in [0.2, 0.25) is 0 Å². The second-order valence-corrected chi connectivity index (χ2v) is 9.85. The summed E-state index contributed by atoms with van der Waals surface area (Å²) in [7, 11) is 0. The van der Waals surface area contributed by atoms with Crippen LogP contribution in [-0.2, 0) is 24.2 Å². The Balaban J connectivity index is 1.11. The fraction of sp³-hybridized carbons (Fsp3) is 0.233. The van der Waals surface area contributed by atoms with Crippen LogP contribution < -0.4 is 5.32 Å². The molecule has 5 heteroatoms. The number of fused-ring (bicyclic) bond motifs is 1. The Morgan fingerprint density at radius 3 is 2.40 bits per heavy atom. The van der Waals surface area contributed by atoms with Gasteiger partial charge in [0, 0.05) is 41.5 Å². The van der Waals surface area contributed by atoms with Gasteiger partial charge in [-0.2, -0.15) is 0 Å². The van der Waals surface area contributed by atoms with E-state index in [4.69, 9.17) is 4.98 Å². The molecule has 1 aliphatic rings. The third kappa shape index (κ3) is 5.75. The van der Waals surface area contributed by atoms with E-state index in [1.165, 1.54) is 24.0 Å². The molecule has 4 nitrogen and oxygen atoms in total. The Morgan fingerprint density at radius 1 is 0.829 bits per heavy atom. The number of hydrogen-bond acceptors (Lipinski definition) is 4. The number of nitrogens with one attached hydrogen (secondary N) is 1. The number of aromatic nitrogens is 1. The highest BCUT2D eigenvalue weighted by atomic mass is 32.1. The van der Waals surface area contributed by atoms with Gasteiger partial charge in [0.1, 0.15) is 5.01 Å². The number of amides is 1. The van der Waals surface area contributed by atoms with Crippen LogP contribution in [0, 0.1) is 0 Å². The first kappa shape index (κ1) is 23.2. The minimum absolute atomic E-state index is 0.0381.